The van der Waals surface area contributed by atoms with Crippen LogP contribution in [0.4, 0.5) is 4.79 Å². The first-order valence-electron chi connectivity index (χ1n) is 8.88. The van der Waals surface area contributed by atoms with Gasteiger partial charge in [-0.1, -0.05) is 24.3 Å². The van der Waals surface area contributed by atoms with E-state index in [0.717, 1.165) is 24.2 Å². The number of benzene rings is 1. The minimum absolute atomic E-state index is 0.271. The molecule has 1 fully saturated rings. The van der Waals surface area contributed by atoms with E-state index in [-0.39, 0.29) is 6.03 Å². The SMILES string of the molecule is COC(=O)C1=C(C[NH+]2CCCCC2)NC(=O)N[C@@H]1c1ccccc1C. The average molecular weight is 344 g/mol. The van der Waals surface area contributed by atoms with Crippen LogP contribution < -0.4 is 15.5 Å². The zero-order valence-electron chi connectivity index (χ0n) is 14.9. The highest BCUT2D eigenvalue weighted by Crippen LogP contribution is 2.29. The maximum atomic E-state index is 12.5. The van der Waals surface area contributed by atoms with Crippen LogP contribution in [0.2, 0.25) is 0 Å². The van der Waals surface area contributed by atoms with Crippen molar-refractivity contribution in [3.8, 4) is 0 Å². The van der Waals surface area contributed by atoms with E-state index >= 15 is 0 Å². The summed E-state index contributed by atoms with van der Waals surface area (Å²) in [7, 11) is 1.38. The van der Waals surface area contributed by atoms with Crippen LogP contribution in [0.3, 0.4) is 0 Å². The zero-order chi connectivity index (χ0) is 17.8. The number of quaternary nitrogens is 1. The van der Waals surface area contributed by atoms with Gasteiger partial charge in [-0.25, -0.2) is 9.59 Å². The van der Waals surface area contributed by atoms with Crippen molar-refractivity contribution >= 4 is 12.0 Å². The first-order chi connectivity index (χ1) is 12.1. The monoisotopic (exact) mass is 344 g/mol. The molecule has 0 aliphatic carbocycles. The van der Waals surface area contributed by atoms with Gasteiger partial charge in [0.15, 0.2) is 0 Å². The highest BCUT2D eigenvalue weighted by Gasteiger charge is 2.35. The number of nitrogens with one attached hydrogen (secondary N) is 3. The number of aryl methyl sites for hydroxylation is 1. The van der Waals surface area contributed by atoms with Crippen LogP contribution in [-0.2, 0) is 9.53 Å². The molecule has 0 unspecified atom stereocenters. The first-order valence-corrected chi connectivity index (χ1v) is 8.88. The normalized spacial score (nSPS) is 21.5. The van der Waals surface area contributed by atoms with E-state index in [1.165, 1.54) is 31.3 Å². The quantitative estimate of drug-likeness (QED) is 0.709. The Morgan fingerprint density at radius 1 is 1.24 bits per heavy atom. The summed E-state index contributed by atoms with van der Waals surface area (Å²) in [6.45, 7) is 4.75. The Bertz CT molecular complexity index is 693. The smallest absolute Gasteiger partial charge is 0.338 e. The lowest BCUT2D eigenvalue weighted by atomic mass is 9.92. The Hall–Kier alpha value is -2.34. The maximum absolute atomic E-state index is 12.5. The van der Waals surface area contributed by atoms with Crippen LogP contribution in [0, 0.1) is 6.92 Å². The number of ether oxygens (including phenoxy) is 1. The molecule has 0 aromatic heterocycles. The summed E-state index contributed by atoms with van der Waals surface area (Å²) in [5.74, 6) is -0.396. The van der Waals surface area contributed by atoms with Gasteiger partial charge in [0.1, 0.15) is 6.54 Å². The molecule has 2 aliphatic rings. The fourth-order valence-electron chi connectivity index (χ4n) is 3.73. The van der Waals surface area contributed by atoms with Gasteiger partial charge in [-0.3, -0.25) is 0 Å². The summed E-state index contributed by atoms with van der Waals surface area (Å²) < 4.78 is 5.04. The lowest BCUT2D eigenvalue weighted by molar-refractivity contribution is -0.900. The number of urea groups is 1. The van der Waals surface area contributed by atoms with Crippen LogP contribution in [-0.4, -0.2) is 38.7 Å². The van der Waals surface area contributed by atoms with Gasteiger partial charge >= 0.3 is 12.0 Å². The van der Waals surface area contributed by atoms with Crippen molar-refractivity contribution in [1.82, 2.24) is 10.6 Å². The molecule has 3 rings (SSSR count). The van der Waals surface area contributed by atoms with E-state index in [2.05, 4.69) is 10.6 Å². The topological polar surface area (TPSA) is 71.9 Å². The van der Waals surface area contributed by atoms with Gasteiger partial charge in [0.25, 0.3) is 0 Å². The molecule has 0 spiro atoms. The third-order valence-corrected chi connectivity index (χ3v) is 5.05. The Balaban J connectivity index is 2.00. The zero-order valence-corrected chi connectivity index (χ0v) is 14.9. The van der Waals surface area contributed by atoms with E-state index in [9.17, 15) is 9.59 Å². The molecule has 0 bridgehead atoms. The molecule has 6 nitrogen and oxygen atoms in total. The standard InChI is InChI=1S/C19H25N3O3/c1-13-8-4-5-9-14(13)17-16(18(23)25-2)15(20-19(24)21-17)12-22-10-6-3-7-11-22/h4-5,8-9,17H,3,6-7,10-12H2,1-2H3,(H2,20,21,24)/p+1/t17-/m1/s1. The fraction of sp³-hybridized carbons (Fsp3) is 0.474. The number of carbonyl (C=O) groups excluding carboxylic acids is 2. The molecular formula is C19H26N3O3+. The van der Waals surface area contributed by atoms with Crippen LogP contribution in [0.1, 0.15) is 36.4 Å². The summed E-state index contributed by atoms with van der Waals surface area (Å²) in [5, 5.41) is 5.74. The van der Waals surface area contributed by atoms with Gasteiger partial charge in [0.05, 0.1) is 37.5 Å². The van der Waals surface area contributed by atoms with Gasteiger partial charge in [-0.15, -0.1) is 0 Å². The van der Waals surface area contributed by atoms with Gasteiger partial charge in [-0.2, -0.15) is 0 Å². The third kappa shape index (κ3) is 3.85. The molecule has 2 heterocycles. The molecule has 2 aliphatic heterocycles. The lowest BCUT2D eigenvalue weighted by Gasteiger charge is -2.32. The van der Waals surface area contributed by atoms with Gasteiger partial charge in [-0.05, 0) is 37.3 Å². The number of likely N-dealkylation sites (tertiary alicyclic amines) is 1. The largest absolute Gasteiger partial charge is 0.466 e. The lowest BCUT2D eigenvalue weighted by Crippen LogP contribution is -3.13. The second kappa shape index (κ2) is 7.70. The number of rotatable bonds is 4. The summed E-state index contributed by atoms with van der Waals surface area (Å²) in [6, 6.07) is 7.03. The van der Waals surface area contributed by atoms with Crippen molar-refractivity contribution in [3.63, 3.8) is 0 Å². The number of piperidine rings is 1. The van der Waals surface area contributed by atoms with Crippen molar-refractivity contribution in [3.05, 3.63) is 46.7 Å². The molecule has 1 aromatic carbocycles. The van der Waals surface area contributed by atoms with E-state index in [0.29, 0.717) is 17.8 Å². The number of amides is 2. The number of methoxy groups -OCH3 is 1. The van der Waals surface area contributed by atoms with Crippen molar-refractivity contribution < 1.29 is 19.2 Å². The molecule has 1 saturated heterocycles. The average Bonchev–Trinajstić information content (AvgIpc) is 2.62. The third-order valence-electron chi connectivity index (χ3n) is 5.05. The van der Waals surface area contributed by atoms with Crippen LogP contribution >= 0.6 is 0 Å². The fourth-order valence-corrected chi connectivity index (χ4v) is 3.73. The van der Waals surface area contributed by atoms with E-state index in [4.69, 9.17) is 4.74 Å². The minimum Gasteiger partial charge on any atom is -0.466 e. The predicted molar refractivity (Wildman–Crippen MR) is 94.0 cm³/mol. The molecule has 0 saturated carbocycles. The molecule has 6 heteroatoms. The number of carbonyl (C=O) groups is 2. The van der Waals surface area contributed by atoms with Crippen molar-refractivity contribution in [2.45, 2.75) is 32.2 Å². The Labute approximate surface area is 148 Å². The second-order valence-corrected chi connectivity index (χ2v) is 6.76. The Morgan fingerprint density at radius 2 is 1.96 bits per heavy atom. The van der Waals surface area contributed by atoms with Crippen LogP contribution in [0.5, 0.6) is 0 Å². The van der Waals surface area contributed by atoms with Crippen molar-refractivity contribution in [1.29, 1.82) is 0 Å². The van der Waals surface area contributed by atoms with Gasteiger partial charge in [0.2, 0.25) is 0 Å². The Kier molecular flexibility index (Phi) is 5.38. The molecule has 0 radical (unpaired) electrons. The van der Waals surface area contributed by atoms with E-state index in [1.54, 1.807) is 0 Å². The number of hydrogen-bond donors (Lipinski definition) is 3. The molecule has 25 heavy (non-hydrogen) atoms. The summed E-state index contributed by atoms with van der Waals surface area (Å²) in [4.78, 5) is 26.2. The summed E-state index contributed by atoms with van der Waals surface area (Å²) >= 11 is 0. The summed E-state index contributed by atoms with van der Waals surface area (Å²) in [5.41, 5.74) is 3.14. The highest BCUT2D eigenvalue weighted by molar-refractivity contribution is 5.95. The second-order valence-electron chi connectivity index (χ2n) is 6.76. The molecular weight excluding hydrogens is 318 g/mol. The van der Waals surface area contributed by atoms with E-state index < -0.39 is 12.0 Å². The highest BCUT2D eigenvalue weighted by atomic mass is 16.5. The van der Waals surface area contributed by atoms with Crippen molar-refractivity contribution in [2.75, 3.05) is 26.7 Å². The van der Waals surface area contributed by atoms with Gasteiger partial charge in [0, 0.05) is 0 Å². The molecule has 1 atom stereocenters. The molecule has 3 N–H and O–H groups in total. The summed E-state index contributed by atoms with van der Waals surface area (Å²) in [6.07, 6.45) is 3.62. The van der Waals surface area contributed by atoms with Crippen molar-refractivity contribution in [2.24, 2.45) is 0 Å². The molecule has 1 aromatic rings. The van der Waals surface area contributed by atoms with Gasteiger partial charge < -0.3 is 20.3 Å². The van der Waals surface area contributed by atoms with E-state index in [1.807, 2.05) is 31.2 Å². The molecule has 134 valence electrons. The predicted octanol–water partition coefficient (Wildman–Crippen LogP) is 0.845. The number of esters is 1. The molecule has 2 amide bonds. The van der Waals surface area contributed by atoms with Crippen LogP contribution in [0.25, 0.3) is 0 Å². The van der Waals surface area contributed by atoms with Crippen LogP contribution in [0.15, 0.2) is 35.5 Å². The Morgan fingerprint density at radius 3 is 2.64 bits per heavy atom. The number of hydrogen-bond acceptors (Lipinski definition) is 3. The minimum atomic E-state index is -0.485. The first kappa shape index (κ1) is 17.5. The maximum Gasteiger partial charge on any atom is 0.338 e.